The Bertz CT molecular complexity index is 610. The van der Waals surface area contributed by atoms with Crippen LogP contribution in [0, 0.1) is 6.92 Å². The summed E-state index contributed by atoms with van der Waals surface area (Å²) >= 11 is 9.80. The normalized spacial score (nSPS) is 12.6. The zero-order chi connectivity index (χ0) is 15.4. The summed E-state index contributed by atoms with van der Waals surface area (Å²) in [6.45, 7) is 6.03. The van der Waals surface area contributed by atoms with Crippen molar-refractivity contribution in [2.45, 2.75) is 26.2 Å². The number of benzene rings is 1. The Labute approximate surface area is 139 Å². The minimum atomic E-state index is 0.370. The minimum absolute atomic E-state index is 0.370. The van der Waals surface area contributed by atoms with Crippen molar-refractivity contribution < 1.29 is 0 Å². The summed E-state index contributed by atoms with van der Waals surface area (Å²) < 4.78 is 3.07. The van der Waals surface area contributed by atoms with E-state index in [1.165, 1.54) is 11.3 Å². The lowest BCUT2D eigenvalue weighted by Crippen LogP contribution is -2.23. The third-order valence-electron chi connectivity index (χ3n) is 3.66. The first-order valence-corrected chi connectivity index (χ1v) is 8.34. The van der Waals surface area contributed by atoms with Gasteiger partial charge in [0.05, 0.1) is 15.9 Å². The second-order valence-electron chi connectivity index (χ2n) is 5.23. The Kier molecular flexibility index (Phi) is 5.85. The molecule has 2 rings (SSSR count). The van der Waals surface area contributed by atoms with Crippen molar-refractivity contribution in [1.82, 2.24) is 15.1 Å². The monoisotopic (exact) mass is 369 g/mol. The molecule has 2 aromatic rings. The molecule has 0 spiro atoms. The Balaban J connectivity index is 2.28. The molecule has 0 saturated carbocycles. The fraction of sp³-hybridized carbons (Fsp3) is 0.438. The van der Waals surface area contributed by atoms with Gasteiger partial charge in [-0.05, 0) is 53.5 Å². The first-order valence-electron chi connectivity index (χ1n) is 7.17. The van der Waals surface area contributed by atoms with E-state index in [0.717, 1.165) is 34.7 Å². The van der Waals surface area contributed by atoms with Crippen LogP contribution in [-0.2, 0) is 13.5 Å². The number of nitrogens with one attached hydrogen (secondary N) is 1. The molecule has 0 aliphatic rings. The van der Waals surface area contributed by atoms with E-state index in [2.05, 4.69) is 45.4 Å². The number of hydrogen-bond acceptors (Lipinski definition) is 2. The SMILES string of the molecule is CCNCC(Cc1c(Br)c(C)nn1C)c1cccc(Cl)c1. The van der Waals surface area contributed by atoms with Crippen molar-refractivity contribution in [2.75, 3.05) is 13.1 Å². The van der Waals surface area contributed by atoms with Crippen molar-refractivity contribution in [3.63, 3.8) is 0 Å². The smallest absolute Gasteiger partial charge is 0.0738 e. The van der Waals surface area contributed by atoms with E-state index in [-0.39, 0.29) is 0 Å². The van der Waals surface area contributed by atoms with Crippen molar-refractivity contribution >= 4 is 27.5 Å². The summed E-state index contributed by atoms with van der Waals surface area (Å²) in [6, 6.07) is 8.13. The Morgan fingerprint density at radius 3 is 2.76 bits per heavy atom. The molecule has 21 heavy (non-hydrogen) atoms. The predicted octanol–water partition coefficient (Wildman–Crippen LogP) is 4.08. The fourth-order valence-corrected chi connectivity index (χ4v) is 3.22. The van der Waals surface area contributed by atoms with E-state index in [0.29, 0.717) is 5.92 Å². The highest BCUT2D eigenvalue weighted by Gasteiger charge is 2.18. The summed E-state index contributed by atoms with van der Waals surface area (Å²) in [7, 11) is 2.00. The van der Waals surface area contributed by atoms with E-state index in [1.807, 2.05) is 30.8 Å². The van der Waals surface area contributed by atoms with Gasteiger partial charge in [-0.15, -0.1) is 0 Å². The van der Waals surface area contributed by atoms with Crippen LogP contribution in [0.4, 0.5) is 0 Å². The van der Waals surface area contributed by atoms with Gasteiger partial charge in [0.25, 0.3) is 0 Å². The Morgan fingerprint density at radius 1 is 1.43 bits per heavy atom. The van der Waals surface area contributed by atoms with Crippen molar-refractivity contribution in [3.05, 3.63) is 50.7 Å². The van der Waals surface area contributed by atoms with Gasteiger partial charge in [-0.3, -0.25) is 4.68 Å². The van der Waals surface area contributed by atoms with Crippen LogP contribution in [0.2, 0.25) is 5.02 Å². The minimum Gasteiger partial charge on any atom is -0.316 e. The van der Waals surface area contributed by atoms with Crippen molar-refractivity contribution in [3.8, 4) is 0 Å². The molecule has 0 aliphatic carbocycles. The number of halogens is 2. The van der Waals surface area contributed by atoms with Gasteiger partial charge in [0.1, 0.15) is 0 Å². The van der Waals surface area contributed by atoms with Gasteiger partial charge in [0.15, 0.2) is 0 Å². The van der Waals surface area contributed by atoms with Crippen LogP contribution in [0.5, 0.6) is 0 Å². The maximum Gasteiger partial charge on any atom is 0.0738 e. The highest BCUT2D eigenvalue weighted by molar-refractivity contribution is 9.10. The molecule has 0 saturated heterocycles. The lowest BCUT2D eigenvalue weighted by atomic mass is 9.94. The third-order valence-corrected chi connectivity index (χ3v) is 4.93. The molecule has 1 N–H and O–H groups in total. The molecule has 0 amide bonds. The van der Waals surface area contributed by atoms with Crippen LogP contribution in [-0.4, -0.2) is 22.9 Å². The lowest BCUT2D eigenvalue weighted by Gasteiger charge is -2.18. The molecule has 0 fully saturated rings. The molecular formula is C16H21BrClN3. The first kappa shape index (κ1) is 16.5. The molecule has 3 nitrogen and oxygen atoms in total. The van der Waals surface area contributed by atoms with Gasteiger partial charge >= 0.3 is 0 Å². The predicted molar refractivity (Wildman–Crippen MR) is 92.1 cm³/mol. The van der Waals surface area contributed by atoms with E-state index < -0.39 is 0 Å². The fourth-order valence-electron chi connectivity index (χ4n) is 2.52. The molecular weight excluding hydrogens is 350 g/mol. The number of likely N-dealkylation sites (N-methyl/N-ethyl adjacent to an activating group) is 1. The number of aryl methyl sites for hydroxylation is 2. The second kappa shape index (κ2) is 7.43. The van der Waals surface area contributed by atoms with Gasteiger partial charge < -0.3 is 5.32 Å². The van der Waals surface area contributed by atoms with E-state index in [1.54, 1.807) is 0 Å². The largest absolute Gasteiger partial charge is 0.316 e. The molecule has 1 atom stereocenters. The molecule has 0 aliphatic heterocycles. The third kappa shape index (κ3) is 4.09. The van der Waals surface area contributed by atoms with E-state index in [4.69, 9.17) is 11.6 Å². The molecule has 1 aromatic carbocycles. The topological polar surface area (TPSA) is 29.9 Å². The van der Waals surface area contributed by atoms with Gasteiger partial charge in [0.2, 0.25) is 0 Å². The molecule has 0 radical (unpaired) electrons. The molecule has 114 valence electrons. The van der Waals surface area contributed by atoms with Gasteiger partial charge in [-0.25, -0.2) is 0 Å². The quantitative estimate of drug-likeness (QED) is 0.830. The van der Waals surface area contributed by atoms with Crippen LogP contribution in [0.3, 0.4) is 0 Å². The average Bonchev–Trinajstić information content (AvgIpc) is 2.69. The Morgan fingerprint density at radius 2 is 2.19 bits per heavy atom. The highest BCUT2D eigenvalue weighted by atomic mass is 79.9. The number of nitrogens with zero attached hydrogens (tertiary/aromatic N) is 2. The number of hydrogen-bond donors (Lipinski definition) is 1. The zero-order valence-electron chi connectivity index (χ0n) is 12.7. The molecule has 1 unspecified atom stereocenters. The van der Waals surface area contributed by atoms with Gasteiger partial charge in [0, 0.05) is 24.5 Å². The van der Waals surface area contributed by atoms with Crippen molar-refractivity contribution in [1.29, 1.82) is 0 Å². The second-order valence-corrected chi connectivity index (χ2v) is 6.46. The Hall–Kier alpha value is -0.840. The highest BCUT2D eigenvalue weighted by Crippen LogP contribution is 2.28. The maximum absolute atomic E-state index is 6.15. The van der Waals surface area contributed by atoms with E-state index in [9.17, 15) is 0 Å². The van der Waals surface area contributed by atoms with Crippen LogP contribution in [0.25, 0.3) is 0 Å². The summed E-state index contributed by atoms with van der Waals surface area (Å²) in [6.07, 6.45) is 0.922. The van der Waals surface area contributed by atoms with Crippen LogP contribution >= 0.6 is 27.5 Å². The summed E-state index contributed by atoms with van der Waals surface area (Å²) in [4.78, 5) is 0. The maximum atomic E-state index is 6.15. The van der Waals surface area contributed by atoms with Crippen LogP contribution in [0.1, 0.15) is 29.8 Å². The molecule has 1 aromatic heterocycles. The number of rotatable bonds is 6. The lowest BCUT2D eigenvalue weighted by molar-refractivity contribution is 0.569. The summed E-state index contributed by atoms with van der Waals surface area (Å²) in [5.74, 6) is 0.370. The van der Waals surface area contributed by atoms with Crippen molar-refractivity contribution in [2.24, 2.45) is 7.05 Å². The van der Waals surface area contributed by atoms with Crippen LogP contribution in [0.15, 0.2) is 28.7 Å². The summed E-state index contributed by atoms with van der Waals surface area (Å²) in [5.41, 5.74) is 3.50. The molecule has 1 heterocycles. The van der Waals surface area contributed by atoms with E-state index >= 15 is 0 Å². The average molecular weight is 371 g/mol. The molecule has 5 heteroatoms. The van der Waals surface area contributed by atoms with Crippen LogP contribution < -0.4 is 5.32 Å². The zero-order valence-corrected chi connectivity index (χ0v) is 15.0. The van der Waals surface area contributed by atoms with Gasteiger partial charge in [-0.1, -0.05) is 30.7 Å². The van der Waals surface area contributed by atoms with Gasteiger partial charge in [-0.2, -0.15) is 5.10 Å². The standard InChI is InChI=1S/C16H21BrClN3/c1-4-19-10-13(12-6-5-7-14(18)8-12)9-15-16(17)11(2)20-21(15)3/h5-8,13,19H,4,9-10H2,1-3H3. The summed E-state index contributed by atoms with van der Waals surface area (Å²) in [5, 5.41) is 8.71. The number of aromatic nitrogens is 2. The molecule has 0 bridgehead atoms. The first-order chi connectivity index (χ1) is 10.0.